The molecule has 0 aromatic carbocycles. The fourth-order valence-electron chi connectivity index (χ4n) is 1.58. The Morgan fingerprint density at radius 2 is 1.85 bits per heavy atom. The van der Waals surface area contributed by atoms with Crippen LogP contribution in [0.5, 0.6) is 0 Å². The highest BCUT2D eigenvalue weighted by Gasteiger charge is 2.24. The molecule has 5 N–H and O–H groups in total. The average Bonchev–Trinajstić information content (AvgIpc) is 2.28. The van der Waals surface area contributed by atoms with E-state index in [0.717, 1.165) is 0 Å². The lowest BCUT2D eigenvalue weighted by atomic mass is 9.84. The van der Waals surface area contributed by atoms with Crippen LogP contribution in [0.2, 0.25) is 0 Å². The van der Waals surface area contributed by atoms with Gasteiger partial charge in [0.2, 0.25) is 0 Å². The summed E-state index contributed by atoms with van der Waals surface area (Å²) in [6.07, 6.45) is -0.462. The van der Waals surface area contributed by atoms with Crippen molar-refractivity contribution in [3.05, 3.63) is 0 Å². The van der Waals surface area contributed by atoms with Gasteiger partial charge >= 0.3 is 18.1 Å². The first-order valence-corrected chi connectivity index (χ1v) is 6.28. The van der Waals surface area contributed by atoms with E-state index < -0.39 is 24.0 Å². The van der Waals surface area contributed by atoms with Crippen LogP contribution in [0, 0.1) is 11.3 Å². The number of carboxylic acid groups (broad SMARTS) is 1. The minimum Gasteiger partial charge on any atom is -0.481 e. The normalized spacial score (nSPS) is 12.3. The number of nitrogens with two attached hydrogens (primary N) is 1. The third-order valence-electron chi connectivity index (χ3n) is 2.35. The van der Waals surface area contributed by atoms with Gasteiger partial charge in [-0.1, -0.05) is 20.8 Å². The molecule has 116 valence electrons. The van der Waals surface area contributed by atoms with E-state index in [1.807, 2.05) is 20.8 Å². The number of hydrogen-bond donors (Lipinski definition) is 4. The smallest absolute Gasteiger partial charge is 0.404 e. The molecule has 0 aliphatic heterocycles. The number of rotatable bonds is 7. The number of carbonyl (C=O) groups is 3. The lowest BCUT2D eigenvalue weighted by Gasteiger charge is -2.23. The van der Waals surface area contributed by atoms with Crippen LogP contribution in [0.1, 0.15) is 27.2 Å². The van der Waals surface area contributed by atoms with Crippen LogP contribution in [-0.2, 0) is 9.53 Å². The summed E-state index contributed by atoms with van der Waals surface area (Å²) in [5.74, 6) is -1.60. The van der Waals surface area contributed by atoms with Gasteiger partial charge in [-0.3, -0.25) is 4.79 Å². The zero-order chi connectivity index (χ0) is 15.8. The standard InChI is InChI=1S/C12H23N3O5/c1-12(2,3)6-8(9(16)17)7-15-11(19)14-4-5-20-10(13)18/h8H,4-7H2,1-3H3,(H2,13,18)(H,16,17)(H2,14,15,19). The Kier molecular flexibility index (Phi) is 7.42. The molecule has 0 spiro atoms. The van der Waals surface area contributed by atoms with Crippen LogP contribution in [0.25, 0.3) is 0 Å². The fraction of sp³-hybridized carbons (Fsp3) is 0.750. The molecule has 0 rings (SSSR count). The lowest BCUT2D eigenvalue weighted by molar-refractivity contribution is -0.142. The number of carbonyl (C=O) groups excluding carboxylic acids is 2. The van der Waals surface area contributed by atoms with Gasteiger partial charge in [0.15, 0.2) is 0 Å². The maximum absolute atomic E-state index is 11.4. The van der Waals surface area contributed by atoms with E-state index in [9.17, 15) is 14.4 Å². The van der Waals surface area contributed by atoms with Crippen molar-refractivity contribution in [2.24, 2.45) is 17.1 Å². The van der Waals surface area contributed by atoms with E-state index in [1.165, 1.54) is 0 Å². The average molecular weight is 289 g/mol. The van der Waals surface area contributed by atoms with E-state index in [4.69, 9.17) is 10.8 Å². The van der Waals surface area contributed by atoms with Gasteiger partial charge in [0.25, 0.3) is 0 Å². The van der Waals surface area contributed by atoms with Gasteiger partial charge in [0.1, 0.15) is 6.61 Å². The van der Waals surface area contributed by atoms with E-state index in [1.54, 1.807) is 0 Å². The van der Waals surface area contributed by atoms with Crippen molar-refractivity contribution < 1.29 is 24.2 Å². The summed E-state index contributed by atoms with van der Waals surface area (Å²) in [5.41, 5.74) is 4.60. The molecule has 8 nitrogen and oxygen atoms in total. The van der Waals surface area contributed by atoms with Crippen LogP contribution in [-0.4, -0.2) is 42.9 Å². The van der Waals surface area contributed by atoms with E-state index in [0.29, 0.717) is 6.42 Å². The van der Waals surface area contributed by atoms with Crippen molar-refractivity contribution in [3.63, 3.8) is 0 Å². The Balaban J connectivity index is 4.00. The topological polar surface area (TPSA) is 131 Å². The first-order valence-electron chi connectivity index (χ1n) is 6.28. The summed E-state index contributed by atoms with van der Waals surface area (Å²) in [5, 5.41) is 14.0. The summed E-state index contributed by atoms with van der Waals surface area (Å²) in [4.78, 5) is 32.7. The second kappa shape index (κ2) is 8.23. The van der Waals surface area contributed by atoms with Crippen molar-refractivity contribution in [2.75, 3.05) is 19.7 Å². The molecular weight excluding hydrogens is 266 g/mol. The summed E-state index contributed by atoms with van der Waals surface area (Å²) in [7, 11) is 0. The van der Waals surface area contributed by atoms with Crippen LogP contribution in [0.15, 0.2) is 0 Å². The summed E-state index contributed by atoms with van der Waals surface area (Å²) in [6.45, 7) is 5.91. The minimum absolute atomic E-state index is 0.0346. The molecule has 0 aliphatic rings. The highest BCUT2D eigenvalue weighted by atomic mass is 16.5. The highest BCUT2D eigenvalue weighted by Crippen LogP contribution is 2.24. The quantitative estimate of drug-likeness (QED) is 0.507. The number of nitrogens with one attached hydrogen (secondary N) is 2. The van der Waals surface area contributed by atoms with E-state index in [-0.39, 0.29) is 25.1 Å². The molecular formula is C12H23N3O5. The molecule has 20 heavy (non-hydrogen) atoms. The molecule has 0 saturated heterocycles. The zero-order valence-electron chi connectivity index (χ0n) is 12.1. The molecule has 0 saturated carbocycles. The van der Waals surface area contributed by atoms with Crippen molar-refractivity contribution in [3.8, 4) is 0 Å². The van der Waals surface area contributed by atoms with Gasteiger partial charge in [-0.15, -0.1) is 0 Å². The summed E-state index contributed by atoms with van der Waals surface area (Å²) < 4.78 is 4.42. The van der Waals surface area contributed by atoms with Crippen LogP contribution >= 0.6 is 0 Å². The lowest BCUT2D eigenvalue weighted by Crippen LogP contribution is -2.42. The Hall–Kier alpha value is -1.99. The van der Waals surface area contributed by atoms with Crippen molar-refractivity contribution in [1.29, 1.82) is 0 Å². The Labute approximate surface area is 118 Å². The SMILES string of the molecule is CC(C)(C)CC(CNC(=O)NCCOC(N)=O)C(=O)O. The van der Waals surface area contributed by atoms with Gasteiger partial charge in [0.05, 0.1) is 12.5 Å². The van der Waals surface area contributed by atoms with Crippen molar-refractivity contribution >= 4 is 18.1 Å². The van der Waals surface area contributed by atoms with Gasteiger partial charge in [0, 0.05) is 6.54 Å². The third kappa shape index (κ3) is 9.98. The second-order valence-corrected chi connectivity index (χ2v) is 5.60. The molecule has 0 aromatic rings. The first kappa shape index (κ1) is 18.0. The molecule has 0 aromatic heterocycles. The number of carboxylic acids is 1. The molecule has 0 aliphatic carbocycles. The molecule has 0 bridgehead atoms. The van der Waals surface area contributed by atoms with Gasteiger partial charge in [-0.25, -0.2) is 9.59 Å². The second-order valence-electron chi connectivity index (χ2n) is 5.60. The van der Waals surface area contributed by atoms with Gasteiger partial charge < -0.3 is 26.2 Å². The van der Waals surface area contributed by atoms with Crippen LogP contribution < -0.4 is 16.4 Å². The Bertz CT molecular complexity index is 351. The van der Waals surface area contributed by atoms with E-state index >= 15 is 0 Å². The fourth-order valence-corrected chi connectivity index (χ4v) is 1.58. The number of aliphatic carboxylic acids is 1. The number of ether oxygens (including phenoxy) is 1. The number of urea groups is 1. The summed E-state index contributed by atoms with van der Waals surface area (Å²) in [6, 6.07) is -0.516. The zero-order valence-corrected chi connectivity index (χ0v) is 12.1. The number of hydrogen-bond acceptors (Lipinski definition) is 4. The molecule has 1 atom stereocenters. The van der Waals surface area contributed by atoms with Gasteiger partial charge in [-0.05, 0) is 11.8 Å². The predicted molar refractivity (Wildman–Crippen MR) is 72.1 cm³/mol. The third-order valence-corrected chi connectivity index (χ3v) is 2.35. The molecule has 0 fully saturated rings. The maximum Gasteiger partial charge on any atom is 0.404 e. The number of amides is 3. The molecule has 0 heterocycles. The Morgan fingerprint density at radius 3 is 2.30 bits per heavy atom. The monoisotopic (exact) mass is 289 g/mol. The van der Waals surface area contributed by atoms with Gasteiger partial charge in [-0.2, -0.15) is 0 Å². The number of primary amides is 1. The minimum atomic E-state index is -0.947. The van der Waals surface area contributed by atoms with Crippen molar-refractivity contribution in [1.82, 2.24) is 10.6 Å². The first-order chi connectivity index (χ1) is 9.11. The predicted octanol–water partition coefficient (Wildman–Crippen LogP) is 0.518. The van der Waals surface area contributed by atoms with Crippen LogP contribution in [0.3, 0.4) is 0 Å². The van der Waals surface area contributed by atoms with Crippen molar-refractivity contribution in [2.45, 2.75) is 27.2 Å². The molecule has 3 amide bonds. The maximum atomic E-state index is 11.4. The van der Waals surface area contributed by atoms with Crippen LogP contribution in [0.4, 0.5) is 9.59 Å². The Morgan fingerprint density at radius 1 is 1.25 bits per heavy atom. The summed E-state index contributed by atoms with van der Waals surface area (Å²) >= 11 is 0. The van der Waals surface area contributed by atoms with E-state index in [2.05, 4.69) is 15.4 Å². The molecule has 8 heteroatoms. The highest BCUT2D eigenvalue weighted by molar-refractivity contribution is 5.75. The largest absolute Gasteiger partial charge is 0.481 e. The molecule has 1 unspecified atom stereocenters. The molecule has 0 radical (unpaired) electrons.